The Bertz CT molecular complexity index is 83.8. The summed E-state index contributed by atoms with van der Waals surface area (Å²) in [6.45, 7) is -0.277. The molecule has 64 valence electrons. The Balaban J connectivity index is 0. The molecule has 0 bridgehead atoms. The van der Waals surface area contributed by atoms with Gasteiger partial charge in [-0.05, 0) is 13.0 Å². The number of alkyl halides is 4. The summed E-state index contributed by atoms with van der Waals surface area (Å²) >= 11 is 0. The summed E-state index contributed by atoms with van der Waals surface area (Å²) in [7, 11) is 0. The van der Waals surface area contributed by atoms with E-state index in [1.807, 2.05) is 0 Å². The predicted octanol–water partition coefficient (Wildman–Crippen LogP) is 1.66. The van der Waals surface area contributed by atoms with E-state index in [1.165, 1.54) is 0 Å². The standard InChI is InChI=1S/C4H7F4N.ClH/c5-3(1-2-9)4(6,7)8;/h3H,1-2,9H2;1H. The molecule has 6 heteroatoms. The van der Waals surface area contributed by atoms with Crippen LogP contribution in [0.3, 0.4) is 0 Å². The van der Waals surface area contributed by atoms with Gasteiger partial charge in [0.25, 0.3) is 0 Å². The van der Waals surface area contributed by atoms with Crippen LogP contribution in [0.5, 0.6) is 0 Å². The van der Waals surface area contributed by atoms with Crippen LogP contribution < -0.4 is 5.73 Å². The van der Waals surface area contributed by atoms with Crippen LogP contribution >= 0.6 is 12.4 Å². The quantitative estimate of drug-likeness (QED) is 0.645. The van der Waals surface area contributed by atoms with E-state index in [9.17, 15) is 17.6 Å². The summed E-state index contributed by atoms with van der Waals surface area (Å²) in [4.78, 5) is 0. The van der Waals surface area contributed by atoms with Crippen molar-refractivity contribution in [3.63, 3.8) is 0 Å². The van der Waals surface area contributed by atoms with E-state index in [1.54, 1.807) is 0 Å². The molecule has 0 heterocycles. The molecule has 0 rings (SSSR count). The second-order valence-electron chi connectivity index (χ2n) is 1.59. The van der Waals surface area contributed by atoms with Gasteiger partial charge in [-0.3, -0.25) is 0 Å². The Labute approximate surface area is 62.0 Å². The normalized spacial score (nSPS) is 14.1. The van der Waals surface area contributed by atoms with Crippen molar-refractivity contribution in [2.45, 2.75) is 18.8 Å². The SMILES string of the molecule is Cl.NCCC(F)C(F)(F)F. The lowest BCUT2D eigenvalue weighted by molar-refractivity contribution is -0.181. The fraction of sp³-hybridized carbons (Fsp3) is 1.00. The van der Waals surface area contributed by atoms with Gasteiger partial charge in [-0.2, -0.15) is 13.2 Å². The lowest BCUT2D eigenvalue weighted by Crippen LogP contribution is -2.26. The number of halogens is 5. The highest BCUT2D eigenvalue weighted by Gasteiger charge is 2.38. The molecule has 0 aromatic heterocycles. The van der Waals surface area contributed by atoms with E-state index in [2.05, 4.69) is 5.73 Å². The van der Waals surface area contributed by atoms with Gasteiger partial charge in [0.15, 0.2) is 6.17 Å². The molecule has 1 nitrogen and oxygen atoms in total. The first kappa shape index (κ1) is 12.6. The Morgan fingerprint density at radius 1 is 1.30 bits per heavy atom. The number of hydrogen-bond donors (Lipinski definition) is 1. The van der Waals surface area contributed by atoms with Crippen LogP contribution in [0, 0.1) is 0 Å². The second kappa shape index (κ2) is 4.73. The molecule has 0 saturated carbocycles. The zero-order valence-corrected chi connectivity index (χ0v) is 5.81. The molecule has 0 aromatic rings. The lowest BCUT2D eigenvalue weighted by Gasteiger charge is -2.09. The zero-order valence-electron chi connectivity index (χ0n) is 4.99. The van der Waals surface area contributed by atoms with Gasteiger partial charge in [0.1, 0.15) is 0 Å². The van der Waals surface area contributed by atoms with Crippen molar-refractivity contribution in [2.75, 3.05) is 6.54 Å². The second-order valence-corrected chi connectivity index (χ2v) is 1.59. The van der Waals surface area contributed by atoms with E-state index >= 15 is 0 Å². The van der Waals surface area contributed by atoms with Gasteiger partial charge >= 0.3 is 6.18 Å². The maximum atomic E-state index is 11.7. The molecule has 0 fully saturated rings. The van der Waals surface area contributed by atoms with Crippen molar-refractivity contribution in [1.82, 2.24) is 0 Å². The smallest absolute Gasteiger partial charge is 0.330 e. The number of nitrogens with two attached hydrogens (primary N) is 1. The highest BCUT2D eigenvalue weighted by atomic mass is 35.5. The molecule has 0 radical (unpaired) electrons. The van der Waals surface area contributed by atoms with E-state index in [0.717, 1.165) is 0 Å². The van der Waals surface area contributed by atoms with Crippen molar-refractivity contribution < 1.29 is 17.6 Å². The third kappa shape index (κ3) is 4.81. The highest BCUT2D eigenvalue weighted by Crippen LogP contribution is 2.24. The Hall–Kier alpha value is -0.0300. The van der Waals surface area contributed by atoms with Crippen LogP contribution in [0.25, 0.3) is 0 Å². The lowest BCUT2D eigenvalue weighted by atomic mass is 10.3. The van der Waals surface area contributed by atoms with Gasteiger partial charge in [0.2, 0.25) is 0 Å². The molecule has 0 aliphatic carbocycles. The minimum atomic E-state index is -4.74. The molecule has 0 spiro atoms. The predicted molar refractivity (Wildman–Crippen MR) is 31.9 cm³/mol. The highest BCUT2D eigenvalue weighted by molar-refractivity contribution is 5.85. The van der Waals surface area contributed by atoms with Gasteiger partial charge in [-0.15, -0.1) is 12.4 Å². The van der Waals surface area contributed by atoms with Gasteiger partial charge in [-0.1, -0.05) is 0 Å². The summed E-state index contributed by atoms with van der Waals surface area (Å²) < 4.78 is 45.3. The zero-order chi connectivity index (χ0) is 7.49. The van der Waals surface area contributed by atoms with E-state index in [0.29, 0.717) is 0 Å². The van der Waals surface area contributed by atoms with Crippen LogP contribution in [-0.2, 0) is 0 Å². The molecular weight excluding hydrogens is 173 g/mol. The Kier molecular flexibility index (Phi) is 5.98. The van der Waals surface area contributed by atoms with Crippen molar-refractivity contribution in [2.24, 2.45) is 5.73 Å². The van der Waals surface area contributed by atoms with E-state index in [4.69, 9.17) is 0 Å². The van der Waals surface area contributed by atoms with Crippen molar-refractivity contribution in [3.05, 3.63) is 0 Å². The molecule has 0 aromatic carbocycles. The topological polar surface area (TPSA) is 26.0 Å². The minimum absolute atomic E-state index is 0. The third-order valence-electron chi connectivity index (χ3n) is 0.775. The molecule has 0 amide bonds. The maximum absolute atomic E-state index is 11.7. The average molecular weight is 182 g/mol. The monoisotopic (exact) mass is 181 g/mol. The Morgan fingerprint density at radius 3 is 1.80 bits per heavy atom. The van der Waals surface area contributed by atoms with Gasteiger partial charge < -0.3 is 5.73 Å². The van der Waals surface area contributed by atoms with Crippen LogP contribution in [0.2, 0.25) is 0 Å². The largest absolute Gasteiger partial charge is 0.419 e. The first-order chi connectivity index (χ1) is 3.98. The fourth-order valence-electron chi connectivity index (χ4n) is 0.310. The van der Waals surface area contributed by atoms with Gasteiger partial charge in [0, 0.05) is 0 Å². The summed E-state index contributed by atoms with van der Waals surface area (Å²) in [6, 6.07) is 0. The minimum Gasteiger partial charge on any atom is -0.330 e. The summed E-state index contributed by atoms with van der Waals surface area (Å²) in [5, 5.41) is 0. The molecule has 0 aliphatic rings. The molecule has 0 saturated heterocycles. The summed E-state index contributed by atoms with van der Waals surface area (Å²) in [5.41, 5.74) is 4.69. The Morgan fingerprint density at radius 2 is 1.70 bits per heavy atom. The van der Waals surface area contributed by atoms with Crippen LogP contribution in [0.1, 0.15) is 6.42 Å². The van der Waals surface area contributed by atoms with Crippen LogP contribution in [0.15, 0.2) is 0 Å². The molecule has 1 atom stereocenters. The van der Waals surface area contributed by atoms with E-state index < -0.39 is 18.8 Å². The van der Waals surface area contributed by atoms with Crippen LogP contribution in [-0.4, -0.2) is 18.9 Å². The number of rotatable bonds is 2. The van der Waals surface area contributed by atoms with Crippen molar-refractivity contribution in [3.8, 4) is 0 Å². The molecular formula is C4H8ClF4N. The van der Waals surface area contributed by atoms with Gasteiger partial charge in [-0.25, -0.2) is 4.39 Å². The third-order valence-corrected chi connectivity index (χ3v) is 0.775. The molecule has 10 heavy (non-hydrogen) atoms. The fourth-order valence-corrected chi connectivity index (χ4v) is 0.310. The average Bonchev–Trinajstić information content (AvgIpc) is 1.64. The molecule has 0 aliphatic heterocycles. The van der Waals surface area contributed by atoms with Gasteiger partial charge in [0.05, 0.1) is 0 Å². The van der Waals surface area contributed by atoms with Crippen molar-refractivity contribution in [1.29, 1.82) is 0 Å². The van der Waals surface area contributed by atoms with E-state index in [-0.39, 0.29) is 19.0 Å². The molecule has 2 N–H and O–H groups in total. The summed E-state index contributed by atoms with van der Waals surface area (Å²) in [5.74, 6) is 0. The first-order valence-electron chi connectivity index (χ1n) is 2.39. The first-order valence-corrected chi connectivity index (χ1v) is 2.39. The van der Waals surface area contributed by atoms with Crippen LogP contribution in [0.4, 0.5) is 17.6 Å². The number of hydrogen-bond acceptors (Lipinski definition) is 1. The van der Waals surface area contributed by atoms with Crippen molar-refractivity contribution >= 4 is 12.4 Å². The maximum Gasteiger partial charge on any atom is 0.419 e. The molecule has 1 unspecified atom stereocenters. The summed E-state index contributed by atoms with van der Waals surface area (Å²) in [6.07, 6.45) is -8.15.